The summed E-state index contributed by atoms with van der Waals surface area (Å²) in [5, 5.41) is 18.9. The number of aliphatic hydroxyl groups is 1. The number of fused-ring (bicyclic) bond motifs is 1. The van der Waals surface area contributed by atoms with Gasteiger partial charge in [0.1, 0.15) is 5.75 Å². The first-order valence-electron chi connectivity index (χ1n) is 12.2. The van der Waals surface area contributed by atoms with Crippen molar-refractivity contribution in [1.82, 2.24) is 20.3 Å². The number of nitrogens with zero attached hydrogens (tertiary/aromatic N) is 3. The van der Waals surface area contributed by atoms with Gasteiger partial charge in [-0.15, -0.1) is 0 Å². The fourth-order valence-corrected chi connectivity index (χ4v) is 4.64. The number of anilines is 1. The van der Waals surface area contributed by atoms with Crippen LogP contribution >= 0.6 is 0 Å². The van der Waals surface area contributed by atoms with Gasteiger partial charge in [0.15, 0.2) is 0 Å². The van der Waals surface area contributed by atoms with E-state index >= 15 is 0 Å². The Kier molecular flexibility index (Phi) is 6.88. The van der Waals surface area contributed by atoms with Crippen LogP contribution in [0, 0.1) is 6.92 Å². The minimum Gasteiger partial charge on any atom is -0.437 e. The molecular weight excluding hydrogens is 438 g/mol. The van der Waals surface area contributed by atoms with Crippen LogP contribution in [0.4, 0.5) is 5.95 Å². The number of aryl methyl sites for hydroxylation is 1. The second-order valence-corrected chi connectivity index (χ2v) is 9.19. The van der Waals surface area contributed by atoms with Crippen molar-refractivity contribution < 1.29 is 9.84 Å². The largest absolute Gasteiger partial charge is 0.437 e. The lowest BCUT2D eigenvalue weighted by Gasteiger charge is -2.23. The van der Waals surface area contributed by atoms with Crippen LogP contribution in [-0.4, -0.2) is 45.3 Å². The highest BCUT2D eigenvalue weighted by molar-refractivity contribution is 5.92. The van der Waals surface area contributed by atoms with Crippen LogP contribution < -0.4 is 15.4 Å². The van der Waals surface area contributed by atoms with Crippen LogP contribution in [0.15, 0.2) is 60.9 Å². The van der Waals surface area contributed by atoms with Gasteiger partial charge in [0, 0.05) is 30.4 Å². The highest BCUT2D eigenvalue weighted by Gasteiger charge is 2.17. The van der Waals surface area contributed by atoms with Crippen LogP contribution in [0.5, 0.6) is 11.6 Å². The molecule has 1 aliphatic rings. The average molecular weight is 470 g/mol. The number of aromatic nitrogens is 3. The third kappa shape index (κ3) is 5.26. The zero-order chi connectivity index (χ0) is 24.2. The summed E-state index contributed by atoms with van der Waals surface area (Å²) in [5.74, 6) is 1.86. The molecule has 2 aromatic heterocycles. The van der Waals surface area contributed by atoms with Crippen LogP contribution in [0.2, 0.25) is 0 Å². The Morgan fingerprint density at radius 3 is 2.83 bits per heavy atom. The number of piperidine rings is 1. The summed E-state index contributed by atoms with van der Waals surface area (Å²) in [6.07, 6.45) is 5.90. The second kappa shape index (κ2) is 10.4. The van der Waals surface area contributed by atoms with Crippen molar-refractivity contribution in [2.24, 2.45) is 0 Å². The van der Waals surface area contributed by atoms with Crippen LogP contribution in [0.1, 0.15) is 30.9 Å². The molecular formula is C28H31N5O2. The number of hydrogen-bond acceptors (Lipinski definition) is 7. The molecule has 3 heterocycles. The van der Waals surface area contributed by atoms with E-state index in [0.29, 0.717) is 24.3 Å². The molecule has 0 aliphatic carbocycles. The Labute approximate surface area is 205 Å². The van der Waals surface area contributed by atoms with E-state index in [2.05, 4.69) is 44.9 Å². The topological polar surface area (TPSA) is 92.2 Å². The normalized spacial score (nSPS) is 16.7. The van der Waals surface area contributed by atoms with Crippen LogP contribution in [0.3, 0.4) is 0 Å². The third-order valence-electron chi connectivity index (χ3n) is 6.35. The fraction of sp³-hybridized carbons (Fsp3) is 0.321. The molecule has 35 heavy (non-hydrogen) atoms. The summed E-state index contributed by atoms with van der Waals surface area (Å²) in [7, 11) is 0. The Morgan fingerprint density at radius 2 is 2.00 bits per heavy atom. The monoisotopic (exact) mass is 469 g/mol. The molecule has 1 aliphatic heterocycles. The maximum Gasteiger partial charge on any atom is 0.228 e. The van der Waals surface area contributed by atoms with E-state index in [1.54, 1.807) is 19.3 Å². The predicted molar refractivity (Wildman–Crippen MR) is 139 cm³/mol. The number of aliphatic hydroxyl groups excluding tert-OH is 1. The molecule has 0 unspecified atom stereocenters. The van der Waals surface area contributed by atoms with Crippen molar-refractivity contribution in [2.75, 3.05) is 18.4 Å². The molecule has 0 amide bonds. The quantitative estimate of drug-likeness (QED) is 0.355. The summed E-state index contributed by atoms with van der Waals surface area (Å²) in [4.78, 5) is 13.8. The molecule has 1 fully saturated rings. The molecule has 0 radical (unpaired) electrons. The number of pyridine rings is 1. The minimum absolute atomic E-state index is 0.317. The van der Waals surface area contributed by atoms with Gasteiger partial charge >= 0.3 is 0 Å². The van der Waals surface area contributed by atoms with Gasteiger partial charge in [0.25, 0.3) is 0 Å². The van der Waals surface area contributed by atoms with Crippen molar-refractivity contribution in [1.29, 1.82) is 0 Å². The smallest absolute Gasteiger partial charge is 0.228 e. The van der Waals surface area contributed by atoms with Gasteiger partial charge in [-0.3, -0.25) is 0 Å². The van der Waals surface area contributed by atoms with E-state index in [0.717, 1.165) is 64.8 Å². The molecule has 4 aromatic rings. The first-order valence-corrected chi connectivity index (χ1v) is 12.2. The molecule has 7 nitrogen and oxygen atoms in total. The van der Waals surface area contributed by atoms with Crippen LogP contribution in [0.25, 0.3) is 22.0 Å². The molecule has 7 heteroatoms. The number of hydrogen-bond donors (Lipinski definition) is 3. The Hall–Kier alpha value is -3.55. The Morgan fingerprint density at radius 1 is 1.09 bits per heavy atom. The zero-order valence-corrected chi connectivity index (χ0v) is 20.2. The van der Waals surface area contributed by atoms with E-state index in [1.807, 2.05) is 31.2 Å². The molecule has 2 atom stereocenters. The molecule has 3 N–H and O–H groups in total. The van der Waals surface area contributed by atoms with E-state index in [-0.39, 0.29) is 0 Å². The molecule has 1 saturated heterocycles. The number of nitrogens with one attached hydrogen (secondary N) is 2. The average Bonchev–Trinajstić information content (AvgIpc) is 2.87. The summed E-state index contributed by atoms with van der Waals surface area (Å²) in [6.45, 7) is 5.81. The van der Waals surface area contributed by atoms with E-state index in [4.69, 9.17) is 9.72 Å². The lowest BCUT2D eigenvalue weighted by atomic mass is 9.98. The van der Waals surface area contributed by atoms with Crippen molar-refractivity contribution >= 4 is 16.7 Å². The SMILES string of the molecule is Cc1ccc2c(C[C@H](C)O)cccc2c1Oc1ncccc1-c1ccnc(N[C@H]2CCCNC2)n1. The van der Waals surface area contributed by atoms with E-state index in [9.17, 15) is 5.11 Å². The standard InChI is InChI=1S/C28H31N5O2/c1-18-10-11-22-20(16-19(2)34)6-3-8-23(22)26(18)35-27-24(9-5-14-30-27)25-12-15-31-28(33-25)32-21-7-4-13-29-17-21/h3,5-6,8-12,14-15,19,21,29,34H,4,7,13,16-17H2,1-2H3,(H,31,32,33)/t19-,21-/m0/s1. The minimum atomic E-state index is -0.418. The van der Waals surface area contributed by atoms with Crippen molar-refractivity contribution in [3.8, 4) is 22.9 Å². The second-order valence-electron chi connectivity index (χ2n) is 9.19. The highest BCUT2D eigenvalue weighted by atomic mass is 16.5. The molecule has 0 saturated carbocycles. The van der Waals surface area contributed by atoms with Gasteiger partial charge in [-0.25, -0.2) is 15.0 Å². The lowest BCUT2D eigenvalue weighted by Crippen LogP contribution is -2.38. The Balaban J connectivity index is 1.49. The molecule has 0 bridgehead atoms. The summed E-state index contributed by atoms with van der Waals surface area (Å²) >= 11 is 0. The van der Waals surface area contributed by atoms with E-state index < -0.39 is 6.10 Å². The van der Waals surface area contributed by atoms with E-state index in [1.165, 1.54) is 0 Å². The van der Waals surface area contributed by atoms with Gasteiger partial charge in [-0.1, -0.05) is 30.3 Å². The summed E-state index contributed by atoms with van der Waals surface area (Å²) in [5.41, 5.74) is 3.66. The number of benzene rings is 2. The van der Waals surface area contributed by atoms with Crippen molar-refractivity contribution in [3.05, 3.63) is 72.1 Å². The molecule has 2 aromatic carbocycles. The van der Waals surface area contributed by atoms with Gasteiger partial charge in [-0.05, 0) is 74.4 Å². The van der Waals surface area contributed by atoms with Crippen molar-refractivity contribution in [2.45, 2.75) is 45.3 Å². The lowest BCUT2D eigenvalue weighted by molar-refractivity contribution is 0.196. The fourth-order valence-electron chi connectivity index (χ4n) is 4.64. The predicted octanol–water partition coefficient (Wildman–Crippen LogP) is 4.88. The van der Waals surface area contributed by atoms with Crippen LogP contribution in [-0.2, 0) is 6.42 Å². The van der Waals surface area contributed by atoms with Crippen molar-refractivity contribution in [3.63, 3.8) is 0 Å². The molecule has 180 valence electrons. The highest BCUT2D eigenvalue weighted by Crippen LogP contribution is 2.37. The zero-order valence-electron chi connectivity index (χ0n) is 20.2. The van der Waals surface area contributed by atoms with Gasteiger partial charge in [0.2, 0.25) is 11.8 Å². The number of ether oxygens (including phenoxy) is 1. The first kappa shape index (κ1) is 23.2. The molecule has 5 rings (SSSR count). The maximum absolute atomic E-state index is 9.95. The number of rotatable bonds is 7. The third-order valence-corrected chi connectivity index (χ3v) is 6.35. The van der Waals surface area contributed by atoms with Gasteiger partial charge in [-0.2, -0.15) is 0 Å². The molecule has 0 spiro atoms. The van der Waals surface area contributed by atoms with Gasteiger partial charge in [0.05, 0.1) is 17.4 Å². The summed E-state index contributed by atoms with van der Waals surface area (Å²) < 4.78 is 6.49. The maximum atomic E-state index is 9.95. The van der Waals surface area contributed by atoms with Gasteiger partial charge < -0.3 is 20.5 Å². The Bertz CT molecular complexity index is 1320. The first-order chi connectivity index (χ1) is 17.1. The summed E-state index contributed by atoms with van der Waals surface area (Å²) in [6, 6.07) is 16.3.